The molecule has 0 aromatic heterocycles. The van der Waals surface area contributed by atoms with Gasteiger partial charge in [-0.05, 0) is 0 Å². The van der Waals surface area contributed by atoms with Gasteiger partial charge in [0.15, 0.2) is 11.1 Å². The highest BCUT2D eigenvalue weighted by atomic mass is 32.2. The first-order valence-electron chi connectivity index (χ1n) is 4.48. The van der Waals surface area contributed by atoms with E-state index in [1.54, 1.807) is 0 Å². The van der Waals surface area contributed by atoms with Crippen molar-refractivity contribution in [3.05, 3.63) is 13.2 Å². The van der Waals surface area contributed by atoms with Gasteiger partial charge >= 0.3 is 0 Å². The van der Waals surface area contributed by atoms with Crippen molar-refractivity contribution in [1.29, 1.82) is 0 Å². The van der Waals surface area contributed by atoms with Gasteiger partial charge in [-0.3, -0.25) is 4.18 Å². The fourth-order valence-electron chi connectivity index (χ4n) is 0. The van der Waals surface area contributed by atoms with Crippen LogP contribution in [0.5, 0.6) is 0 Å². The molecule has 84 valence electrons. The first-order valence-corrected chi connectivity index (χ1v) is 5.96. The Kier molecular flexibility index (Phi) is 72.2. The summed E-state index contributed by atoms with van der Waals surface area (Å²) in [6.07, 6.45) is 3.97. The Morgan fingerprint density at radius 2 is 1.15 bits per heavy atom. The largest absolute Gasteiger partial charge is 0.294 e. The summed E-state index contributed by atoms with van der Waals surface area (Å²) in [6, 6.07) is 0. The smallest absolute Gasteiger partial charge is 0.151 e. The van der Waals surface area contributed by atoms with Gasteiger partial charge in [0.25, 0.3) is 0 Å². The van der Waals surface area contributed by atoms with E-state index in [-0.39, 0.29) is 0 Å². The zero-order chi connectivity index (χ0) is 11.7. The van der Waals surface area contributed by atoms with Crippen LogP contribution in [0.4, 0.5) is 0 Å². The van der Waals surface area contributed by atoms with Crippen molar-refractivity contribution in [2.24, 2.45) is 0 Å². The maximum absolute atomic E-state index is 9.70. The topological polar surface area (TPSA) is 26.3 Å². The first-order chi connectivity index (χ1) is 6.10. The van der Waals surface area contributed by atoms with E-state index in [4.69, 9.17) is 0 Å². The highest BCUT2D eigenvalue weighted by molar-refractivity contribution is 7.79. The Labute approximate surface area is 87.0 Å². The Hall–Kier alpha value is -0.150. The van der Waals surface area contributed by atoms with E-state index in [1.165, 1.54) is 26.2 Å². The third-order valence-corrected chi connectivity index (χ3v) is 0.704. The van der Waals surface area contributed by atoms with Crippen LogP contribution >= 0.6 is 0 Å². The number of hydrogen-bond donors (Lipinski definition) is 0. The second-order valence-electron chi connectivity index (χ2n) is 1.98. The summed E-state index contributed by atoms with van der Waals surface area (Å²) >= 11 is -1.07. The molecule has 0 aliphatic carbocycles. The molecule has 0 amide bonds. The molecule has 0 radical (unpaired) electrons. The molecular formula is C10H26O2S. The molecule has 0 spiro atoms. The molecule has 0 heterocycles. The van der Waals surface area contributed by atoms with E-state index in [9.17, 15) is 4.21 Å². The van der Waals surface area contributed by atoms with E-state index in [0.717, 1.165) is 0 Å². The van der Waals surface area contributed by atoms with Crippen LogP contribution in [0.2, 0.25) is 0 Å². The summed E-state index contributed by atoms with van der Waals surface area (Å²) in [5.74, 6) is 0. The van der Waals surface area contributed by atoms with E-state index in [1.807, 2.05) is 0 Å². The molecule has 0 rings (SSSR count). The molecule has 0 saturated carbocycles. The average molecular weight is 210 g/mol. The van der Waals surface area contributed by atoms with Crippen LogP contribution in [0.3, 0.4) is 0 Å². The summed E-state index contributed by atoms with van der Waals surface area (Å²) in [4.78, 5) is 0. The predicted molar refractivity (Wildman–Crippen MR) is 64.3 cm³/mol. The van der Waals surface area contributed by atoms with Crippen LogP contribution in [-0.4, -0.2) is 17.6 Å². The van der Waals surface area contributed by atoms with Crippen molar-refractivity contribution in [3.8, 4) is 0 Å². The fourth-order valence-corrected chi connectivity index (χ4v) is 0. The van der Waals surface area contributed by atoms with Gasteiger partial charge in [0.2, 0.25) is 0 Å². The zero-order valence-corrected chi connectivity index (χ0v) is 10.9. The van der Waals surface area contributed by atoms with Gasteiger partial charge in [-0.25, -0.2) is 4.21 Å². The summed E-state index contributed by atoms with van der Waals surface area (Å²) in [5.41, 5.74) is 0. The first kappa shape index (κ1) is 23.0. The molecule has 0 aliphatic rings. The summed E-state index contributed by atoms with van der Waals surface area (Å²) < 4.78 is 13.9. The number of hydrogen-bond acceptors (Lipinski definition) is 2. The van der Waals surface area contributed by atoms with Crippen LogP contribution in [0, 0.1) is 0 Å². The molecule has 0 aliphatic heterocycles. The second kappa shape index (κ2) is 40.8. The van der Waals surface area contributed by atoms with Crippen LogP contribution in [0.15, 0.2) is 13.2 Å². The SMILES string of the molecule is C=C.CCC.CCC.COS(C)=O. The van der Waals surface area contributed by atoms with Gasteiger partial charge in [-0.15, -0.1) is 13.2 Å². The zero-order valence-electron chi connectivity index (χ0n) is 10.1. The summed E-state index contributed by atoms with van der Waals surface area (Å²) in [5, 5.41) is 0. The minimum absolute atomic E-state index is 1.07. The van der Waals surface area contributed by atoms with Crippen LogP contribution < -0.4 is 0 Å². The monoisotopic (exact) mass is 210 g/mol. The van der Waals surface area contributed by atoms with Gasteiger partial charge in [-0.2, -0.15) is 0 Å². The van der Waals surface area contributed by atoms with Crippen molar-refractivity contribution < 1.29 is 8.39 Å². The Balaban J connectivity index is -0.0000000446. The van der Waals surface area contributed by atoms with E-state index in [2.05, 4.69) is 45.0 Å². The molecule has 0 aromatic rings. The number of rotatable bonds is 1. The van der Waals surface area contributed by atoms with Crippen molar-refractivity contribution in [3.63, 3.8) is 0 Å². The molecule has 0 N–H and O–H groups in total. The molecule has 13 heavy (non-hydrogen) atoms. The lowest BCUT2D eigenvalue weighted by molar-refractivity contribution is 0.450. The molecule has 3 heteroatoms. The Bertz CT molecular complexity index is 73.3. The quantitative estimate of drug-likeness (QED) is 0.619. The Morgan fingerprint density at radius 1 is 1.08 bits per heavy atom. The predicted octanol–water partition coefficient (Wildman–Crippen LogP) is 3.56. The highest BCUT2D eigenvalue weighted by Crippen LogP contribution is 1.65. The minimum Gasteiger partial charge on any atom is -0.294 e. The normalized spacial score (nSPS) is 8.77. The van der Waals surface area contributed by atoms with E-state index in [0.29, 0.717) is 0 Å². The van der Waals surface area contributed by atoms with Gasteiger partial charge in [0.1, 0.15) is 0 Å². The van der Waals surface area contributed by atoms with Crippen molar-refractivity contribution in [2.45, 2.75) is 40.5 Å². The van der Waals surface area contributed by atoms with Crippen LogP contribution in [0.25, 0.3) is 0 Å². The van der Waals surface area contributed by atoms with Crippen molar-refractivity contribution in [1.82, 2.24) is 0 Å². The lowest BCUT2D eigenvalue weighted by atomic mass is 10.6. The third kappa shape index (κ3) is 336. The van der Waals surface area contributed by atoms with Gasteiger partial charge < -0.3 is 0 Å². The summed E-state index contributed by atoms with van der Waals surface area (Å²) in [6.45, 7) is 14.5. The highest BCUT2D eigenvalue weighted by Gasteiger charge is 1.72. The maximum Gasteiger partial charge on any atom is 0.151 e. The van der Waals surface area contributed by atoms with E-state index >= 15 is 0 Å². The fraction of sp³-hybridized carbons (Fsp3) is 0.800. The summed E-state index contributed by atoms with van der Waals surface area (Å²) in [7, 11) is 1.40. The molecule has 1 unspecified atom stereocenters. The molecule has 0 fully saturated rings. The lowest BCUT2D eigenvalue weighted by Gasteiger charge is -1.78. The van der Waals surface area contributed by atoms with Crippen molar-refractivity contribution in [2.75, 3.05) is 13.4 Å². The Morgan fingerprint density at radius 3 is 1.15 bits per heavy atom. The van der Waals surface area contributed by atoms with Gasteiger partial charge in [0.05, 0.1) is 7.11 Å². The van der Waals surface area contributed by atoms with Gasteiger partial charge in [-0.1, -0.05) is 40.5 Å². The van der Waals surface area contributed by atoms with E-state index < -0.39 is 11.1 Å². The molecule has 0 bridgehead atoms. The molecule has 1 atom stereocenters. The van der Waals surface area contributed by atoms with Crippen molar-refractivity contribution >= 4 is 11.1 Å². The third-order valence-electron chi connectivity index (χ3n) is 0.235. The molecular weight excluding hydrogens is 184 g/mol. The standard InChI is InChI=1S/2C3H8.C2H6O2S.C2H4/c2*1-3-2;1-4-5(2)3;1-2/h2*3H2,1-2H3;1-2H3;1-2H2. The average Bonchev–Trinajstić information content (AvgIpc) is 2.11. The molecule has 0 aromatic carbocycles. The second-order valence-corrected chi connectivity index (χ2v) is 3.12. The molecule has 0 saturated heterocycles. The van der Waals surface area contributed by atoms with Crippen LogP contribution in [0.1, 0.15) is 40.5 Å². The maximum atomic E-state index is 9.70. The lowest BCUT2D eigenvalue weighted by Crippen LogP contribution is -1.83. The molecule has 2 nitrogen and oxygen atoms in total. The van der Waals surface area contributed by atoms with Crippen LogP contribution in [-0.2, 0) is 15.3 Å². The van der Waals surface area contributed by atoms with Gasteiger partial charge in [0, 0.05) is 6.26 Å². The minimum atomic E-state index is -1.07.